The van der Waals surface area contributed by atoms with Crippen LogP contribution in [0.1, 0.15) is 28.2 Å². The zero-order chi connectivity index (χ0) is 30.7. The zero-order valence-corrected chi connectivity index (χ0v) is 22.5. The van der Waals surface area contributed by atoms with Gasteiger partial charge in [0.05, 0.1) is 32.8 Å². The Morgan fingerprint density at radius 1 is 0.762 bits per heavy atom. The largest absolute Gasteiger partial charge is 0.504 e. The van der Waals surface area contributed by atoms with Gasteiger partial charge in [0.1, 0.15) is 0 Å². The van der Waals surface area contributed by atoms with Crippen LogP contribution in [0, 0.1) is 5.92 Å². The van der Waals surface area contributed by atoms with E-state index in [0.717, 1.165) is 0 Å². The summed E-state index contributed by atoms with van der Waals surface area (Å²) in [6, 6.07) is 11.1. The fourth-order valence-corrected chi connectivity index (χ4v) is 4.76. The SMILES string of the molecule is COc1cc(/C=C(/Oc2cc3c(cc2OC)C=C(C(=O)O)C(C(=O)O)C3c2ccc(O)c(OC)c2)C(=O)O)ccc1O. The summed E-state index contributed by atoms with van der Waals surface area (Å²) in [4.78, 5) is 36.8. The molecule has 0 spiro atoms. The molecule has 4 rings (SSSR count). The van der Waals surface area contributed by atoms with Crippen LogP contribution in [0.3, 0.4) is 0 Å². The third-order valence-corrected chi connectivity index (χ3v) is 6.69. The Kier molecular flexibility index (Phi) is 8.27. The standard InChI is InChI=1S/C30H26O12/c1-39-21-8-14(4-6-19(21)31)9-25(29(35)36)42-24-13-17-16(12-23(24)41-3)10-18(28(33)34)27(30(37)38)26(17)15-5-7-20(32)22(11-15)40-2/h4-13,26-27,31-32H,1-3H3,(H,33,34)(H,35,36)(H,37,38)/b25-9+. The molecule has 2 unspecified atom stereocenters. The predicted octanol–water partition coefficient (Wildman–Crippen LogP) is 3.94. The molecule has 0 saturated heterocycles. The smallest absolute Gasteiger partial charge is 0.371 e. The minimum atomic E-state index is -1.57. The first kappa shape index (κ1) is 29.3. The lowest BCUT2D eigenvalue weighted by atomic mass is 9.71. The molecule has 2 atom stereocenters. The van der Waals surface area contributed by atoms with E-state index >= 15 is 0 Å². The van der Waals surface area contributed by atoms with Gasteiger partial charge in [-0.3, -0.25) is 4.79 Å². The summed E-state index contributed by atoms with van der Waals surface area (Å²) in [5, 5.41) is 49.9. The molecule has 12 heteroatoms. The van der Waals surface area contributed by atoms with Gasteiger partial charge in [0.2, 0.25) is 5.76 Å². The van der Waals surface area contributed by atoms with E-state index in [1.807, 2.05) is 0 Å². The Morgan fingerprint density at radius 2 is 1.38 bits per heavy atom. The fourth-order valence-electron chi connectivity index (χ4n) is 4.76. The van der Waals surface area contributed by atoms with Crippen LogP contribution in [0.5, 0.6) is 34.5 Å². The van der Waals surface area contributed by atoms with Crippen LogP contribution in [0.15, 0.2) is 59.9 Å². The molecule has 0 saturated carbocycles. The van der Waals surface area contributed by atoms with Crippen LogP contribution < -0.4 is 18.9 Å². The lowest BCUT2D eigenvalue weighted by Gasteiger charge is -2.31. The number of rotatable bonds is 10. The number of ether oxygens (including phenoxy) is 4. The Balaban J connectivity index is 1.92. The molecule has 0 aromatic heterocycles. The van der Waals surface area contributed by atoms with Crippen LogP contribution in [-0.4, -0.2) is 64.8 Å². The van der Waals surface area contributed by atoms with E-state index in [1.165, 1.54) is 82.0 Å². The number of methoxy groups -OCH3 is 3. The lowest BCUT2D eigenvalue weighted by Crippen LogP contribution is -2.31. The predicted molar refractivity (Wildman–Crippen MR) is 147 cm³/mol. The van der Waals surface area contributed by atoms with E-state index in [2.05, 4.69) is 0 Å². The van der Waals surface area contributed by atoms with E-state index in [0.29, 0.717) is 22.3 Å². The first-order valence-electron chi connectivity index (χ1n) is 12.2. The summed E-state index contributed by atoms with van der Waals surface area (Å²) in [5.41, 5.74) is 0.844. The second-order valence-corrected chi connectivity index (χ2v) is 9.11. The topological polar surface area (TPSA) is 189 Å². The van der Waals surface area contributed by atoms with Gasteiger partial charge in [-0.15, -0.1) is 0 Å². The zero-order valence-electron chi connectivity index (χ0n) is 22.5. The second-order valence-electron chi connectivity index (χ2n) is 9.11. The van der Waals surface area contributed by atoms with Crippen molar-refractivity contribution in [1.82, 2.24) is 0 Å². The van der Waals surface area contributed by atoms with Gasteiger partial charge < -0.3 is 44.5 Å². The van der Waals surface area contributed by atoms with Crippen LogP contribution in [0.2, 0.25) is 0 Å². The minimum Gasteiger partial charge on any atom is -0.504 e. The van der Waals surface area contributed by atoms with Crippen molar-refractivity contribution in [1.29, 1.82) is 0 Å². The number of hydrogen-bond donors (Lipinski definition) is 5. The van der Waals surface area contributed by atoms with Gasteiger partial charge in [0.25, 0.3) is 0 Å². The summed E-state index contributed by atoms with van der Waals surface area (Å²) < 4.78 is 21.4. The molecule has 0 fully saturated rings. The quantitative estimate of drug-likeness (QED) is 0.172. The first-order valence-corrected chi connectivity index (χ1v) is 12.2. The highest BCUT2D eigenvalue weighted by molar-refractivity contribution is 6.01. The van der Waals surface area contributed by atoms with Gasteiger partial charge in [-0.2, -0.15) is 0 Å². The van der Waals surface area contributed by atoms with Crippen LogP contribution in [0.25, 0.3) is 12.2 Å². The molecule has 5 N–H and O–H groups in total. The third kappa shape index (κ3) is 5.63. The van der Waals surface area contributed by atoms with Crippen LogP contribution in [-0.2, 0) is 14.4 Å². The molecule has 0 radical (unpaired) electrons. The summed E-state index contributed by atoms with van der Waals surface area (Å²) >= 11 is 0. The molecule has 3 aromatic rings. The molecule has 12 nitrogen and oxygen atoms in total. The molecule has 0 amide bonds. The summed E-state index contributed by atoms with van der Waals surface area (Å²) in [6.07, 6.45) is 2.40. The number of phenols is 2. The van der Waals surface area contributed by atoms with E-state index in [4.69, 9.17) is 18.9 Å². The van der Waals surface area contributed by atoms with E-state index < -0.39 is 41.1 Å². The van der Waals surface area contributed by atoms with Crippen molar-refractivity contribution in [2.24, 2.45) is 5.92 Å². The number of carbonyl (C=O) groups is 3. The second kappa shape index (κ2) is 11.8. The van der Waals surface area contributed by atoms with Gasteiger partial charge in [0.15, 0.2) is 34.5 Å². The maximum absolute atomic E-state index is 12.5. The number of hydrogen-bond acceptors (Lipinski definition) is 9. The lowest BCUT2D eigenvalue weighted by molar-refractivity contribution is -0.144. The van der Waals surface area contributed by atoms with Gasteiger partial charge in [-0.05, 0) is 70.8 Å². The number of fused-ring (bicyclic) bond motifs is 1. The van der Waals surface area contributed by atoms with Gasteiger partial charge in [0, 0.05) is 5.92 Å². The minimum absolute atomic E-state index is 0.0371. The maximum Gasteiger partial charge on any atom is 0.371 e. The molecule has 0 aliphatic heterocycles. The number of carboxylic acids is 3. The summed E-state index contributed by atoms with van der Waals surface area (Å²) in [5.74, 6) is -7.80. The normalized spacial score (nSPS) is 16.1. The third-order valence-electron chi connectivity index (χ3n) is 6.69. The molecule has 0 heterocycles. The van der Waals surface area contributed by atoms with Crippen molar-refractivity contribution < 1.29 is 58.9 Å². The molecule has 0 bridgehead atoms. The van der Waals surface area contributed by atoms with Crippen molar-refractivity contribution >= 4 is 30.1 Å². The number of phenolic OH excluding ortho intramolecular Hbond substituents is 2. The Bertz CT molecular complexity index is 1640. The van der Waals surface area contributed by atoms with Gasteiger partial charge >= 0.3 is 17.9 Å². The van der Waals surface area contributed by atoms with Crippen molar-refractivity contribution in [3.63, 3.8) is 0 Å². The van der Waals surface area contributed by atoms with Crippen molar-refractivity contribution in [3.8, 4) is 34.5 Å². The van der Waals surface area contributed by atoms with Crippen molar-refractivity contribution in [2.45, 2.75) is 5.92 Å². The van der Waals surface area contributed by atoms with E-state index in [9.17, 15) is 39.9 Å². The molecule has 42 heavy (non-hydrogen) atoms. The number of carboxylic acid groups (broad SMARTS) is 3. The highest BCUT2D eigenvalue weighted by atomic mass is 16.5. The molecule has 1 aliphatic rings. The number of aliphatic carboxylic acids is 3. The Labute approximate surface area is 238 Å². The summed E-state index contributed by atoms with van der Waals surface area (Å²) in [6.45, 7) is 0. The molecule has 218 valence electrons. The van der Waals surface area contributed by atoms with Crippen molar-refractivity contribution in [2.75, 3.05) is 21.3 Å². The molecular formula is C30H26O12. The van der Waals surface area contributed by atoms with Crippen LogP contribution in [0.4, 0.5) is 0 Å². The first-order chi connectivity index (χ1) is 20.0. The number of aromatic hydroxyl groups is 2. The average Bonchev–Trinajstić information content (AvgIpc) is 2.96. The van der Waals surface area contributed by atoms with Gasteiger partial charge in [-0.1, -0.05) is 12.1 Å². The Hall–Kier alpha value is -5.65. The van der Waals surface area contributed by atoms with Crippen molar-refractivity contribution in [3.05, 3.63) is 82.1 Å². The monoisotopic (exact) mass is 578 g/mol. The number of benzene rings is 3. The summed E-state index contributed by atoms with van der Waals surface area (Å²) in [7, 11) is 3.95. The fraction of sp³-hybridized carbons (Fsp3) is 0.167. The van der Waals surface area contributed by atoms with Crippen LogP contribution >= 0.6 is 0 Å². The maximum atomic E-state index is 12.5. The Morgan fingerprint density at radius 3 is 1.95 bits per heavy atom. The highest BCUT2D eigenvalue weighted by Crippen LogP contribution is 2.48. The molecular weight excluding hydrogens is 552 g/mol. The van der Waals surface area contributed by atoms with E-state index in [-0.39, 0.29) is 34.5 Å². The van der Waals surface area contributed by atoms with Gasteiger partial charge in [-0.25, -0.2) is 9.59 Å². The highest BCUT2D eigenvalue weighted by Gasteiger charge is 2.41. The molecule has 3 aromatic carbocycles. The molecule has 1 aliphatic carbocycles. The average molecular weight is 579 g/mol. The van der Waals surface area contributed by atoms with E-state index in [1.54, 1.807) is 0 Å².